The zero-order valence-corrected chi connectivity index (χ0v) is 16.5. The molecule has 1 aromatic carbocycles. The average molecular weight is 385 g/mol. The number of rotatable bonds is 5. The molecule has 0 radical (unpaired) electrons. The summed E-state index contributed by atoms with van der Waals surface area (Å²) in [6.45, 7) is 6.04. The van der Waals surface area contributed by atoms with Crippen molar-refractivity contribution in [3.05, 3.63) is 52.5 Å². The third-order valence-electron chi connectivity index (χ3n) is 4.97. The van der Waals surface area contributed by atoms with Crippen LogP contribution in [0.3, 0.4) is 0 Å². The van der Waals surface area contributed by atoms with Crippen molar-refractivity contribution in [2.24, 2.45) is 7.05 Å². The number of nitrogens with one attached hydrogen (secondary N) is 1. The minimum atomic E-state index is -0.0544. The number of hydrogen-bond donors (Lipinski definition) is 1. The Kier molecular flexibility index (Phi) is 5.24. The molecule has 4 rings (SSSR count). The Bertz CT molecular complexity index is 894. The highest BCUT2D eigenvalue weighted by Crippen LogP contribution is 2.28. The van der Waals surface area contributed by atoms with E-state index in [1.807, 2.05) is 42.9 Å². The van der Waals surface area contributed by atoms with Gasteiger partial charge in [-0.05, 0) is 18.6 Å². The van der Waals surface area contributed by atoms with E-state index in [2.05, 4.69) is 27.4 Å². The number of thiophene rings is 1. The Morgan fingerprint density at radius 3 is 2.74 bits per heavy atom. The zero-order valence-electron chi connectivity index (χ0n) is 15.6. The van der Waals surface area contributed by atoms with Gasteiger partial charge in [-0.1, -0.05) is 30.3 Å². The highest BCUT2D eigenvalue weighted by atomic mass is 32.1. The molecule has 0 aliphatic carbocycles. The molecule has 1 saturated heterocycles. The number of aryl methyl sites for hydroxylation is 2. The maximum atomic E-state index is 13.0. The van der Waals surface area contributed by atoms with Crippen molar-refractivity contribution in [2.75, 3.05) is 32.8 Å². The van der Waals surface area contributed by atoms with Crippen molar-refractivity contribution in [2.45, 2.75) is 13.0 Å². The number of aromatic nitrogens is 2. The van der Waals surface area contributed by atoms with Gasteiger partial charge in [0.1, 0.15) is 4.83 Å². The smallest absolute Gasteiger partial charge is 0.261 e. The highest BCUT2D eigenvalue weighted by Gasteiger charge is 2.22. The van der Waals surface area contributed by atoms with Gasteiger partial charge in [-0.2, -0.15) is 5.10 Å². The van der Waals surface area contributed by atoms with E-state index in [0.717, 1.165) is 59.2 Å². The normalized spacial score (nSPS) is 16.5. The van der Waals surface area contributed by atoms with Crippen molar-refractivity contribution >= 4 is 27.5 Å². The molecule has 6 nitrogen and oxygen atoms in total. The molecule has 3 heterocycles. The van der Waals surface area contributed by atoms with Gasteiger partial charge in [0.15, 0.2) is 0 Å². The van der Waals surface area contributed by atoms with E-state index in [1.165, 1.54) is 11.3 Å². The summed E-state index contributed by atoms with van der Waals surface area (Å²) in [5.74, 6) is -0.0299. The van der Waals surface area contributed by atoms with Crippen molar-refractivity contribution in [1.29, 1.82) is 0 Å². The van der Waals surface area contributed by atoms with Crippen molar-refractivity contribution in [3.8, 4) is 0 Å². The van der Waals surface area contributed by atoms with Crippen LogP contribution in [0.2, 0.25) is 0 Å². The van der Waals surface area contributed by atoms with Crippen LogP contribution in [0.15, 0.2) is 36.4 Å². The van der Waals surface area contributed by atoms with E-state index in [1.54, 1.807) is 0 Å². The summed E-state index contributed by atoms with van der Waals surface area (Å²) in [6, 6.07) is 12.1. The van der Waals surface area contributed by atoms with Gasteiger partial charge in [0.25, 0.3) is 5.91 Å². The third-order valence-corrected chi connectivity index (χ3v) is 6.17. The monoisotopic (exact) mass is 384 g/mol. The maximum Gasteiger partial charge on any atom is 0.261 e. The quantitative estimate of drug-likeness (QED) is 0.735. The molecular formula is C20H24N4O2S. The number of nitrogens with zero attached hydrogens (tertiary/aromatic N) is 3. The lowest BCUT2D eigenvalue weighted by Crippen LogP contribution is -2.43. The van der Waals surface area contributed by atoms with Crippen LogP contribution in [-0.2, 0) is 11.8 Å². The third kappa shape index (κ3) is 3.90. The lowest BCUT2D eigenvalue weighted by Gasteiger charge is -2.31. The number of fused-ring (bicyclic) bond motifs is 1. The second-order valence-electron chi connectivity index (χ2n) is 6.89. The standard InChI is InChI=1S/C20H24N4O2S/c1-14-16-12-18(27-20(16)23(2)22-14)19(25)21-17(15-6-4-3-5-7-15)13-24-8-10-26-11-9-24/h3-7,12,17H,8-11,13H2,1-2H3,(H,21,25)/t17-/m1/s1. The lowest BCUT2D eigenvalue weighted by molar-refractivity contribution is 0.0332. The Hall–Kier alpha value is -2.22. The fourth-order valence-electron chi connectivity index (χ4n) is 3.51. The van der Waals surface area contributed by atoms with Gasteiger partial charge in [-0.3, -0.25) is 14.4 Å². The molecular weight excluding hydrogens is 360 g/mol. The fourth-order valence-corrected chi connectivity index (χ4v) is 4.53. The predicted octanol–water partition coefficient (Wildman–Crippen LogP) is 2.75. The molecule has 7 heteroatoms. The van der Waals surface area contributed by atoms with Crippen LogP contribution in [0.5, 0.6) is 0 Å². The Morgan fingerprint density at radius 2 is 2.04 bits per heavy atom. The molecule has 0 spiro atoms. The van der Waals surface area contributed by atoms with Gasteiger partial charge in [0.2, 0.25) is 0 Å². The first-order chi connectivity index (χ1) is 13.1. The van der Waals surface area contributed by atoms with Crippen molar-refractivity contribution in [3.63, 3.8) is 0 Å². The van der Waals surface area contributed by atoms with E-state index < -0.39 is 0 Å². The lowest BCUT2D eigenvalue weighted by atomic mass is 10.1. The maximum absolute atomic E-state index is 13.0. The SMILES string of the molecule is Cc1nn(C)c2sc(C(=O)N[C@H](CN3CCOCC3)c3ccccc3)cc12. The number of carbonyl (C=O) groups is 1. The van der Waals surface area contributed by atoms with Gasteiger partial charge in [-0.25, -0.2) is 0 Å². The van der Waals surface area contributed by atoms with Gasteiger partial charge in [0, 0.05) is 32.1 Å². The molecule has 1 atom stereocenters. The molecule has 1 N–H and O–H groups in total. The average Bonchev–Trinajstić information content (AvgIpc) is 3.24. The first-order valence-corrected chi connectivity index (χ1v) is 10.0. The molecule has 2 aromatic heterocycles. The number of hydrogen-bond acceptors (Lipinski definition) is 5. The number of ether oxygens (including phenoxy) is 1. The van der Waals surface area contributed by atoms with Gasteiger partial charge in [-0.15, -0.1) is 11.3 Å². The highest BCUT2D eigenvalue weighted by molar-refractivity contribution is 7.20. The van der Waals surface area contributed by atoms with E-state index >= 15 is 0 Å². The number of carbonyl (C=O) groups excluding carboxylic acids is 1. The van der Waals surface area contributed by atoms with Crippen LogP contribution in [0.25, 0.3) is 10.2 Å². The van der Waals surface area contributed by atoms with Gasteiger partial charge < -0.3 is 10.1 Å². The first-order valence-electron chi connectivity index (χ1n) is 9.21. The number of amides is 1. The second kappa shape index (κ2) is 7.80. The fraction of sp³-hybridized carbons (Fsp3) is 0.400. The molecule has 27 heavy (non-hydrogen) atoms. The zero-order chi connectivity index (χ0) is 18.8. The molecule has 0 unspecified atom stereocenters. The molecule has 1 amide bonds. The minimum absolute atomic E-state index is 0.0299. The van der Waals surface area contributed by atoms with E-state index in [-0.39, 0.29) is 11.9 Å². The molecule has 0 bridgehead atoms. The summed E-state index contributed by atoms with van der Waals surface area (Å²) in [5.41, 5.74) is 2.08. The van der Waals surface area contributed by atoms with Crippen LogP contribution < -0.4 is 5.32 Å². The topological polar surface area (TPSA) is 59.4 Å². The molecule has 1 aliphatic rings. The Morgan fingerprint density at radius 1 is 1.30 bits per heavy atom. The molecule has 3 aromatic rings. The summed E-state index contributed by atoms with van der Waals surface area (Å²) in [7, 11) is 1.92. The van der Waals surface area contributed by atoms with E-state index in [4.69, 9.17) is 4.74 Å². The molecule has 1 fully saturated rings. The summed E-state index contributed by atoms with van der Waals surface area (Å²) in [4.78, 5) is 17.1. The first kappa shape index (κ1) is 18.2. The summed E-state index contributed by atoms with van der Waals surface area (Å²) in [6.07, 6.45) is 0. The Labute approximate surface area is 162 Å². The molecule has 1 aliphatic heterocycles. The number of benzene rings is 1. The van der Waals surface area contributed by atoms with Crippen LogP contribution in [0.4, 0.5) is 0 Å². The van der Waals surface area contributed by atoms with Crippen molar-refractivity contribution in [1.82, 2.24) is 20.0 Å². The Balaban J connectivity index is 1.55. The minimum Gasteiger partial charge on any atom is -0.379 e. The summed E-state index contributed by atoms with van der Waals surface area (Å²) >= 11 is 1.49. The predicted molar refractivity (Wildman–Crippen MR) is 107 cm³/mol. The van der Waals surface area contributed by atoms with Crippen LogP contribution in [0, 0.1) is 6.92 Å². The largest absolute Gasteiger partial charge is 0.379 e. The van der Waals surface area contributed by atoms with Crippen molar-refractivity contribution < 1.29 is 9.53 Å². The molecule has 0 saturated carbocycles. The summed E-state index contributed by atoms with van der Waals surface area (Å²) < 4.78 is 7.29. The van der Waals surface area contributed by atoms with Gasteiger partial charge >= 0.3 is 0 Å². The van der Waals surface area contributed by atoms with E-state index in [0.29, 0.717) is 0 Å². The second-order valence-corrected chi connectivity index (χ2v) is 7.92. The van der Waals surface area contributed by atoms with Gasteiger partial charge in [0.05, 0.1) is 29.8 Å². The van der Waals surface area contributed by atoms with Crippen LogP contribution >= 0.6 is 11.3 Å². The van der Waals surface area contributed by atoms with E-state index in [9.17, 15) is 4.79 Å². The van der Waals surface area contributed by atoms with Crippen LogP contribution in [-0.4, -0.2) is 53.4 Å². The molecule has 142 valence electrons. The summed E-state index contributed by atoms with van der Waals surface area (Å²) in [5, 5.41) is 8.71. The van der Waals surface area contributed by atoms with Crippen LogP contribution in [0.1, 0.15) is 27.0 Å². The number of morpholine rings is 1.